The number of rotatable bonds is 38. The van der Waals surface area contributed by atoms with Gasteiger partial charge in [0.2, 0.25) is 0 Å². The first-order chi connectivity index (χ1) is 32.9. The molecule has 3 aromatic rings. The van der Waals surface area contributed by atoms with Crippen molar-refractivity contribution in [2.45, 2.75) is 168 Å². The first-order valence-corrected chi connectivity index (χ1v) is 25.0. The number of hydrogen-bond donors (Lipinski definition) is 0. The van der Waals surface area contributed by atoms with Gasteiger partial charge in [0.15, 0.2) is 23.1 Å². The maximum Gasteiger partial charge on any atom is 0.343 e. The molecule has 0 aliphatic carbocycles. The second kappa shape index (κ2) is 34.7. The average molecular weight is 947 g/mol. The van der Waals surface area contributed by atoms with E-state index >= 15 is 0 Å². The summed E-state index contributed by atoms with van der Waals surface area (Å²) in [6.07, 6.45) is 27.2. The zero-order chi connectivity index (χ0) is 49.2. The Hall–Kier alpha value is -5.52. The van der Waals surface area contributed by atoms with Crippen molar-refractivity contribution in [3.8, 4) is 23.0 Å². The second-order valence-electron chi connectivity index (χ2n) is 17.6. The molecule has 68 heavy (non-hydrogen) atoms. The van der Waals surface area contributed by atoms with Crippen LogP contribution >= 0.6 is 0 Å². The van der Waals surface area contributed by atoms with Gasteiger partial charge in [0.25, 0.3) is 0 Å². The molecule has 0 aromatic heterocycles. The van der Waals surface area contributed by atoms with Crippen LogP contribution in [0.3, 0.4) is 0 Å². The van der Waals surface area contributed by atoms with Gasteiger partial charge in [0.05, 0.1) is 37.6 Å². The first kappa shape index (κ1) is 56.8. The summed E-state index contributed by atoms with van der Waals surface area (Å²) in [6.45, 7) is 12.5. The highest BCUT2D eigenvalue weighted by Crippen LogP contribution is 2.29. The highest BCUT2D eigenvalue weighted by Gasteiger charge is 2.19. The minimum atomic E-state index is -1.07. The molecule has 0 atom stereocenters. The van der Waals surface area contributed by atoms with Gasteiger partial charge in [-0.05, 0) is 88.1 Å². The zero-order valence-corrected chi connectivity index (χ0v) is 40.8. The van der Waals surface area contributed by atoms with Gasteiger partial charge >= 0.3 is 23.9 Å². The summed E-state index contributed by atoms with van der Waals surface area (Å²) < 4.78 is 62.1. The van der Waals surface area contributed by atoms with E-state index in [9.17, 15) is 28.0 Å². The fourth-order valence-corrected chi connectivity index (χ4v) is 7.26. The van der Waals surface area contributed by atoms with Gasteiger partial charge in [0, 0.05) is 23.3 Å². The lowest BCUT2D eigenvalue weighted by atomic mass is 10.1. The van der Waals surface area contributed by atoms with Gasteiger partial charge in [0.1, 0.15) is 11.5 Å². The Kier molecular flexibility index (Phi) is 29.0. The molecule has 0 fully saturated rings. The molecule has 0 saturated heterocycles. The lowest BCUT2D eigenvalue weighted by Gasteiger charge is -2.11. The molecule has 0 unspecified atom stereocenters. The van der Waals surface area contributed by atoms with Crippen LogP contribution in [0.5, 0.6) is 23.0 Å². The third kappa shape index (κ3) is 25.0. The van der Waals surface area contributed by atoms with Gasteiger partial charge in [-0.1, -0.05) is 142 Å². The van der Waals surface area contributed by atoms with Gasteiger partial charge < -0.3 is 28.4 Å². The van der Waals surface area contributed by atoms with E-state index in [1.807, 2.05) is 0 Å². The van der Waals surface area contributed by atoms with Gasteiger partial charge in [-0.2, -0.15) is 0 Å². The highest BCUT2D eigenvalue weighted by molar-refractivity contribution is 5.92. The van der Waals surface area contributed by atoms with Gasteiger partial charge in [-0.15, -0.1) is 0 Å². The normalized spacial score (nSPS) is 10.9. The fraction of sp³-hybridized carbons (Fsp3) is 0.536. The molecular weight excluding hydrogens is 871 g/mol. The summed E-state index contributed by atoms with van der Waals surface area (Å²) in [5, 5.41) is 0. The Morgan fingerprint density at radius 2 is 0.647 bits per heavy atom. The van der Waals surface area contributed by atoms with Crippen LogP contribution in [0.15, 0.2) is 85.0 Å². The van der Waals surface area contributed by atoms with E-state index in [-0.39, 0.29) is 23.1 Å². The lowest BCUT2D eigenvalue weighted by Crippen LogP contribution is -2.12. The fourth-order valence-electron chi connectivity index (χ4n) is 7.26. The average Bonchev–Trinajstić information content (AvgIpc) is 3.32. The Balaban J connectivity index is 1.21. The number of carbonyl (C=O) groups is 4. The number of carbonyl (C=O) groups excluding carboxylic acids is 4. The summed E-state index contributed by atoms with van der Waals surface area (Å²) in [5.41, 5.74) is 1.13. The molecule has 0 radical (unpaired) electrons. The highest BCUT2D eigenvalue weighted by atomic mass is 19.1. The van der Waals surface area contributed by atoms with Crippen molar-refractivity contribution in [1.82, 2.24) is 0 Å². The summed E-state index contributed by atoms with van der Waals surface area (Å²) in [7, 11) is 0. The first-order valence-electron chi connectivity index (χ1n) is 25.0. The van der Waals surface area contributed by atoms with Crippen molar-refractivity contribution in [2.75, 3.05) is 26.4 Å². The van der Waals surface area contributed by atoms with Gasteiger partial charge in [-0.25, -0.2) is 28.0 Å². The minimum absolute atomic E-state index is 0.126. The number of unbranched alkanes of at least 4 members (excludes halogenated alkanes) is 22. The van der Waals surface area contributed by atoms with E-state index < -0.39 is 35.1 Å². The van der Waals surface area contributed by atoms with Crippen LogP contribution in [-0.2, 0) is 19.1 Å². The zero-order valence-electron chi connectivity index (χ0n) is 40.8. The van der Waals surface area contributed by atoms with E-state index in [4.69, 9.17) is 28.4 Å². The molecule has 0 spiro atoms. The molecule has 12 heteroatoms. The maximum absolute atomic E-state index is 15.0. The molecule has 0 amide bonds. The maximum atomic E-state index is 15.0. The summed E-state index contributed by atoms with van der Waals surface area (Å²) >= 11 is 0. The topological polar surface area (TPSA) is 124 Å². The third-order valence-electron chi connectivity index (χ3n) is 11.3. The molecule has 0 bridgehead atoms. The number of ether oxygens (including phenoxy) is 6. The van der Waals surface area contributed by atoms with E-state index in [1.165, 1.54) is 101 Å². The Labute approximate surface area is 404 Å². The van der Waals surface area contributed by atoms with Crippen LogP contribution in [0.4, 0.5) is 8.78 Å². The van der Waals surface area contributed by atoms with Crippen LogP contribution in [-0.4, -0.2) is 50.3 Å². The van der Waals surface area contributed by atoms with Crippen molar-refractivity contribution < 1.29 is 56.4 Å². The molecule has 0 aliphatic heterocycles. The lowest BCUT2D eigenvalue weighted by molar-refractivity contribution is -0.139. The van der Waals surface area contributed by atoms with E-state index in [0.717, 1.165) is 77.0 Å². The minimum Gasteiger partial charge on any atom is -0.494 e. The predicted molar refractivity (Wildman–Crippen MR) is 263 cm³/mol. The second-order valence-corrected chi connectivity index (χ2v) is 17.6. The number of benzene rings is 3. The Bertz CT molecular complexity index is 1820. The van der Waals surface area contributed by atoms with Crippen LogP contribution in [0.25, 0.3) is 0 Å². The quantitative estimate of drug-likeness (QED) is 0.0237. The summed E-state index contributed by atoms with van der Waals surface area (Å²) in [6, 6.07) is 13.8. The van der Waals surface area contributed by atoms with Gasteiger partial charge in [-0.3, -0.25) is 0 Å². The van der Waals surface area contributed by atoms with Crippen LogP contribution < -0.4 is 18.9 Å². The Morgan fingerprint density at radius 3 is 0.912 bits per heavy atom. The summed E-state index contributed by atoms with van der Waals surface area (Å²) in [4.78, 5) is 48.2. The standard InChI is InChI=1S/C56H76F2O10/c1-43(2)53(59)65-39-27-23-19-15-11-7-5-9-13-17-21-25-37-63-47-33-29-45(30-34-47)55(61)67-51-41-50(58)52(42-49(51)57)68-56(62)46-31-35-48(36-32-46)64-38-26-22-18-14-10-6-8-12-16-20-24-28-40-66-54(60)44(3)4/h29-36,41-42H,1,3,5-28,37-40H2,2,4H3. The van der Waals surface area contributed by atoms with Crippen LogP contribution in [0, 0.1) is 11.6 Å². The van der Waals surface area contributed by atoms with Crippen molar-refractivity contribution in [3.05, 3.63) is 108 Å². The summed E-state index contributed by atoms with van der Waals surface area (Å²) in [5.74, 6) is -4.65. The number of esters is 4. The molecule has 3 aromatic carbocycles. The molecule has 374 valence electrons. The predicted octanol–water partition coefficient (Wildman–Crippen LogP) is 14.8. The van der Waals surface area contributed by atoms with Crippen molar-refractivity contribution in [2.24, 2.45) is 0 Å². The molecule has 0 saturated carbocycles. The van der Waals surface area contributed by atoms with Crippen LogP contribution in [0.2, 0.25) is 0 Å². The Morgan fingerprint density at radius 1 is 0.397 bits per heavy atom. The molecular formula is C56H76F2O10. The van der Waals surface area contributed by atoms with Crippen molar-refractivity contribution in [1.29, 1.82) is 0 Å². The van der Waals surface area contributed by atoms with E-state index in [0.29, 0.717) is 61.2 Å². The SMILES string of the molecule is C=C(C)C(=O)OCCCCCCCCCCCCCCOc1ccc(C(=O)Oc2cc(F)c(OC(=O)c3ccc(OCCCCCCCCCCCCCCOC(=O)C(=C)C)cc3)cc2F)cc1. The van der Waals surface area contributed by atoms with E-state index in [1.54, 1.807) is 38.1 Å². The van der Waals surface area contributed by atoms with Crippen molar-refractivity contribution >= 4 is 23.9 Å². The third-order valence-corrected chi connectivity index (χ3v) is 11.3. The molecule has 0 heterocycles. The monoisotopic (exact) mass is 947 g/mol. The number of halogens is 2. The molecule has 3 rings (SSSR count). The smallest absolute Gasteiger partial charge is 0.343 e. The largest absolute Gasteiger partial charge is 0.494 e. The number of hydrogen-bond acceptors (Lipinski definition) is 10. The van der Waals surface area contributed by atoms with Crippen molar-refractivity contribution in [3.63, 3.8) is 0 Å². The molecule has 0 N–H and O–H groups in total. The van der Waals surface area contributed by atoms with E-state index in [2.05, 4.69) is 13.2 Å². The van der Waals surface area contributed by atoms with Crippen LogP contribution in [0.1, 0.15) is 189 Å². The molecule has 0 aliphatic rings. The molecule has 10 nitrogen and oxygen atoms in total.